The average molecular weight is 299 g/mol. The van der Waals surface area contributed by atoms with Gasteiger partial charge in [0.2, 0.25) is 11.8 Å². The number of benzene rings is 1. The van der Waals surface area contributed by atoms with Gasteiger partial charge in [-0.3, -0.25) is 9.59 Å². The Morgan fingerprint density at radius 2 is 1.95 bits per heavy atom. The molecule has 1 aliphatic carbocycles. The first kappa shape index (κ1) is 14.8. The van der Waals surface area contributed by atoms with Crippen LogP contribution in [-0.2, 0) is 9.59 Å². The van der Waals surface area contributed by atoms with Crippen LogP contribution in [0, 0.1) is 11.2 Å². The maximum absolute atomic E-state index is 13.0. The van der Waals surface area contributed by atoms with Gasteiger partial charge in [-0.1, -0.05) is 11.6 Å². The smallest absolute Gasteiger partial charge is 0.239 e. The van der Waals surface area contributed by atoms with Crippen LogP contribution in [0.1, 0.15) is 26.7 Å². The van der Waals surface area contributed by atoms with Gasteiger partial charge in [-0.25, -0.2) is 4.39 Å². The summed E-state index contributed by atoms with van der Waals surface area (Å²) >= 11 is 5.65. The second-order valence-corrected chi connectivity index (χ2v) is 5.86. The molecule has 0 bridgehead atoms. The molecule has 2 rings (SSSR count). The Labute approximate surface area is 121 Å². The van der Waals surface area contributed by atoms with E-state index in [9.17, 15) is 14.0 Å². The number of carbonyl (C=O) groups is 2. The van der Waals surface area contributed by atoms with Crippen LogP contribution in [0.5, 0.6) is 0 Å². The zero-order chi connectivity index (χ0) is 14.9. The predicted octanol–water partition coefficient (Wildman–Crippen LogP) is 2.72. The normalized spacial score (nSPS) is 14.8. The van der Waals surface area contributed by atoms with E-state index in [1.165, 1.54) is 12.1 Å². The summed E-state index contributed by atoms with van der Waals surface area (Å²) in [6, 6.07) is 4.06. The molecule has 0 atom stereocenters. The lowest BCUT2D eigenvalue weighted by Crippen LogP contribution is -2.45. The highest BCUT2D eigenvalue weighted by Gasteiger charge is 2.38. The minimum absolute atomic E-state index is 0.0805. The van der Waals surface area contributed by atoms with E-state index in [2.05, 4.69) is 10.6 Å². The monoisotopic (exact) mass is 298 g/mol. The Bertz CT molecular complexity index is 556. The highest BCUT2D eigenvalue weighted by Crippen LogP contribution is 2.25. The van der Waals surface area contributed by atoms with Gasteiger partial charge < -0.3 is 10.6 Å². The van der Waals surface area contributed by atoms with Crippen LogP contribution >= 0.6 is 11.6 Å². The van der Waals surface area contributed by atoms with E-state index in [1.807, 2.05) is 0 Å². The number of hydrogen-bond donors (Lipinski definition) is 2. The van der Waals surface area contributed by atoms with Gasteiger partial charge in [0.1, 0.15) is 11.2 Å². The first-order valence-corrected chi connectivity index (χ1v) is 6.76. The van der Waals surface area contributed by atoms with Crippen molar-refractivity contribution >= 4 is 29.1 Å². The van der Waals surface area contributed by atoms with Crippen LogP contribution in [0.2, 0.25) is 5.02 Å². The van der Waals surface area contributed by atoms with Gasteiger partial charge in [-0.2, -0.15) is 0 Å². The quantitative estimate of drug-likeness (QED) is 0.840. The van der Waals surface area contributed by atoms with Crippen molar-refractivity contribution in [1.29, 1.82) is 0 Å². The molecule has 2 amide bonds. The fourth-order valence-electron chi connectivity index (χ4n) is 1.56. The number of anilines is 1. The Balaban J connectivity index is 2.05. The molecule has 108 valence electrons. The Kier molecular flexibility index (Phi) is 3.99. The molecule has 0 aliphatic heterocycles. The first-order valence-electron chi connectivity index (χ1n) is 6.38. The second-order valence-electron chi connectivity index (χ2n) is 5.46. The van der Waals surface area contributed by atoms with E-state index in [0.717, 1.165) is 18.9 Å². The van der Waals surface area contributed by atoms with Gasteiger partial charge in [0.15, 0.2) is 0 Å². The summed E-state index contributed by atoms with van der Waals surface area (Å²) in [5, 5.41) is 5.29. The Morgan fingerprint density at radius 1 is 1.30 bits per heavy atom. The number of amides is 2. The number of halogens is 2. The maximum atomic E-state index is 13.0. The number of hydrogen-bond acceptors (Lipinski definition) is 2. The molecule has 0 radical (unpaired) electrons. The zero-order valence-corrected chi connectivity index (χ0v) is 12.1. The molecule has 0 spiro atoms. The van der Waals surface area contributed by atoms with Crippen LogP contribution in [-0.4, -0.2) is 17.9 Å². The maximum Gasteiger partial charge on any atom is 0.239 e. The molecular weight excluding hydrogens is 283 g/mol. The molecule has 20 heavy (non-hydrogen) atoms. The molecule has 0 heterocycles. The standard InChI is InChI=1S/C14H16ClFN2O2/c1-14(2,12(19)17-8-3-4-8)13(20)18-9-5-6-11(16)10(15)7-9/h5-8H,3-4H2,1-2H3,(H,17,19)(H,18,20). The van der Waals surface area contributed by atoms with Crippen molar-refractivity contribution in [3.63, 3.8) is 0 Å². The van der Waals surface area contributed by atoms with Crippen molar-refractivity contribution < 1.29 is 14.0 Å². The van der Waals surface area contributed by atoms with Crippen molar-refractivity contribution in [1.82, 2.24) is 5.32 Å². The first-order chi connectivity index (χ1) is 9.30. The molecule has 0 saturated heterocycles. The summed E-state index contributed by atoms with van der Waals surface area (Å²) in [4.78, 5) is 24.2. The largest absolute Gasteiger partial charge is 0.352 e. The fraction of sp³-hybridized carbons (Fsp3) is 0.429. The minimum atomic E-state index is -1.20. The number of nitrogens with one attached hydrogen (secondary N) is 2. The third-order valence-corrected chi connectivity index (χ3v) is 3.51. The third-order valence-electron chi connectivity index (χ3n) is 3.23. The summed E-state index contributed by atoms with van der Waals surface area (Å²) in [6.07, 6.45) is 1.91. The van der Waals surface area contributed by atoms with E-state index in [4.69, 9.17) is 11.6 Å². The molecular formula is C14H16ClFN2O2. The van der Waals surface area contributed by atoms with Crippen molar-refractivity contribution in [3.8, 4) is 0 Å². The molecule has 6 heteroatoms. The van der Waals surface area contributed by atoms with Gasteiger partial charge in [-0.15, -0.1) is 0 Å². The number of rotatable bonds is 4. The third kappa shape index (κ3) is 3.28. The molecule has 2 N–H and O–H groups in total. The highest BCUT2D eigenvalue weighted by atomic mass is 35.5. The van der Waals surface area contributed by atoms with Crippen LogP contribution < -0.4 is 10.6 Å². The molecule has 1 saturated carbocycles. The summed E-state index contributed by atoms with van der Waals surface area (Å²) < 4.78 is 13.0. The van der Waals surface area contributed by atoms with Crippen molar-refractivity contribution in [2.24, 2.45) is 5.41 Å². The fourth-order valence-corrected chi connectivity index (χ4v) is 1.74. The SMILES string of the molecule is CC(C)(C(=O)Nc1ccc(F)c(Cl)c1)C(=O)NC1CC1. The highest BCUT2D eigenvalue weighted by molar-refractivity contribution is 6.31. The molecule has 1 aromatic rings. The van der Waals surface area contributed by atoms with Gasteiger partial charge in [-0.05, 0) is 44.9 Å². The van der Waals surface area contributed by atoms with E-state index in [0.29, 0.717) is 5.69 Å². The molecule has 1 fully saturated rings. The van der Waals surface area contributed by atoms with Crippen LogP contribution in [0.4, 0.5) is 10.1 Å². The molecule has 4 nitrogen and oxygen atoms in total. The van der Waals surface area contributed by atoms with Gasteiger partial charge in [0.25, 0.3) is 0 Å². The van der Waals surface area contributed by atoms with E-state index in [1.54, 1.807) is 13.8 Å². The lowest BCUT2D eigenvalue weighted by Gasteiger charge is -2.22. The van der Waals surface area contributed by atoms with Crippen molar-refractivity contribution in [2.45, 2.75) is 32.7 Å². The van der Waals surface area contributed by atoms with E-state index >= 15 is 0 Å². The topological polar surface area (TPSA) is 58.2 Å². The van der Waals surface area contributed by atoms with Gasteiger partial charge in [0.05, 0.1) is 5.02 Å². The lowest BCUT2D eigenvalue weighted by molar-refractivity contribution is -0.138. The predicted molar refractivity (Wildman–Crippen MR) is 75.0 cm³/mol. The summed E-state index contributed by atoms with van der Waals surface area (Å²) in [5.74, 6) is -1.33. The summed E-state index contributed by atoms with van der Waals surface area (Å²) in [7, 11) is 0. The van der Waals surface area contributed by atoms with Crippen molar-refractivity contribution in [2.75, 3.05) is 5.32 Å². The average Bonchev–Trinajstić information content (AvgIpc) is 3.17. The lowest BCUT2D eigenvalue weighted by atomic mass is 9.91. The van der Waals surface area contributed by atoms with Crippen LogP contribution in [0.3, 0.4) is 0 Å². The molecule has 0 unspecified atom stereocenters. The van der Waals surface area contributed by atoms with E-state index < -0.39 is 17.1 Å². The van der Waals surface area contributed by atoms with Crippen LogP contribution in [0.15, 0.2) is 18.2 Å². The molecule has 1 aromatic carbocycles. The van der Waals surface area contributed by atoms with Crippen molar-refractivity contribution in [3.05, 3.63) is 29.0 Å². The van der Waals surface area contributed by atoms with E-state index in [-0.39, 0.29) is 17.0 Å². The minimum Gasteiger partial charge on any atom is -0.352 e. The summed E-state index contributed by atoms with van der Waals surface area (Å²) in [6.45, 7) is 3.09. The summed E-state index contributed by atoms with van der Waals surface area (Å²) in [5.41, 5.74) is -0.850. The zero-order valence-electron chi connectivity index (χ0n) is 11.3. The van der Waals surface area contributed by atoms with Gasteiger partial charge >= 0.3 is 0 Å². The second kappa shape index (κ2) is 5.40. The molecule has 1 aliphatic rings. The van der Waals surface area contributed by atoms with Gasteiger partial charge in [0, 0.05) is 11.7 Å². The molecule has 0 aromatic heterocycles. The number of carbonyl (C=O) groups excluding carboxylic acids is 2. The van der Waals surface area contributed by atoms with Crippen LogP contribution in [0.25, 0.3) is 0 Å². The Morgan fingerprint density at radius 3 is 2.50 bits per heavy atom. The Hall–Kier alpha value is -1.62.